The molecule has 0 amide bonds. The predicted octanol–water partition coefficient (Wildman–Crippen LogP) is 4.37. The summed E-state index contributed by atoms with van der Waals surface area (Å²) < 4.78 is 15.9. The number of carbonyl (C=O) groups is 2. The Morgan fingerprint density at radius 2 is 1.74 bits per heavy atom. The van der Waals surface area contributed by atoms with Crippen molar-refractivity contribution in [3.05, 3.63) is 76.6 Å². The normalized spacial score (nSPS) is 21.6. The minimum Gasteiger partial charge on any atom is -0.497 e. The molecule has 34 heavy (non-hydrogen) atoms. The van der Waals surface area contributed by atoms with Crippen LogP contribution in [0.15, 0.2) is 65.5 Å². The Hall–Kier alpha value is -4.05. The van der Waals surface area contributed by atoms with E-state index in [1.54, 1.807) is 25.3 Å². The van der Waals surface area contributed by atoms with Crippen molar-refractivity contribution in [1.82, 2.24) is 5.32 Å². The molecule has 0 bridgehead atoms. The van der Waals surface area contributed by atoms with Gasteiger partial charge in [-0.2, -0.15) is 5.26 Å². The quantitative estimate of drug-likeness (QED) is 0.525. The Labute approximate surface area is 198 Å². The standard InChI is InChI=1S/C27H26N2O5/c1-15-21(14-28)26(18-7-10-24(34-16(2)30)25(13-18)33-4)27-22(29-15)11-19(12-23(27)31)17-5-8-20(32-3)9-6-17/h5-11,13,19,26-27,29H,12H2,1-4H3. The van der Waals surface area contributed by atoms with E-state index in [9.17, 15) is 14.9 Å². The number of esters is 1. The van der Waals surface area contributed by atoms with E-state index in [0.29, 0.717) is 23.4 Å². The molecule has 3 atom stereocenters. The summed E-state index contributed by atoms with van der Waals surface area (Å²) in [6.07, 6.45) is 2.42. The zero-order valence-corrected chi connectivity index (χ0v) is 19.5. The molecule has 174 valence electrons. The van der Waals surface area contributed by atoms with Gasteiger partial charge in [-0.15, -0.1) is 0 Å². The molecule has 2 aromatic carbocycles. The number of hydrogen-bond donors (Lipinski definition) is 1. The maximum atomic E-state index is 13.5. The van der Waals surface area contributed by atoms with Crippen LogP contribution in [0, 0.1) is 17.2 Å². The summed E-state index contributed by atoms with van der Waals surface area (Å²) in [4.78, 5) is 24.9. The van der Waals surface area contributed by atoms with E-state index in [1.807, 2.05) is 31.2 Å². The van der Waals surface area contributed by atoms with Gasteiger partial charge in [0.25, 0.3) is 0 Å². The molecule has 2 aromatic rings. The third-order valence-corrected chi connectivity index (χ3v) is 6.33. The Morgan fingerprint density at radius 1 is 1.03 bits per heavy atom. The Morgan fingerprint density at radius 3 is 2.35 bits per heavy atom. The number of fused-ring (bicyclic) bond motifs is 1. The van der Waals surface area contributed by atoms with E-state index in [4.69, 9.17) is 14.2 Å². The molecule has 0 fully saturated rings. The molecule has 2 aliphatic rings. The number of nitriles is 1. The number of allylic oxidation sites excluding steroid dienone is 4. The summed E-state index contributed by atoms with van der Waals surface area (Å²) in [5, 5.41) is 13.3. The van der Waals surface area contributed by atoms with Crippen LogP contribution in [0.1, 0.15) is 43.2 Å². The highest BCUT2D eigenvalue weighted by Crippen LogP contribution is 2.47. The predicted molar refractivity (Wildman–Crippen MR) is 125 cm³/mol. The van der Waals surface area contributed by atoms with Crippen molar-refractivity contribution >= 4 is 11.8 Å². The van der Waals surface area contributed by atoms with E-state index in [2.05, 4.69) is 17.5 Å². The molecule has 1 heterocycles. The molecule has 0 saturated carbocycles. The SMILES string of the molecule is COc1ccc(C2C=C3NC(C)=C(C#N)C(c4ccc(OC(C)=O)c(OC)c4)C3C(=O)C2)cc1. The van der Waals surface area contributed by atoms with Crippen molar-refractivity contribution in [3.8, 4) is 23.3 Å². The first-order valence-electron chi connectivity index (χ1n) is 11.0. The van der Waals surface area contributed by atoms with Crippen LogP contribution >= 0.6 is 0 Å². The van der Waals surface area contributed by atoms with Gasteiger partial charge in [0.2, 0.25) is 0 Å². The Balaban J connectivity index is 1.76. The monoisotopic (exact) mass is 458 g/mol. The number of benzene rings is 2. The lowest BCUT2D eigenvalue weighted by atomic mass is 9.69. The second-order valence-electron chi connectivity index (χ2n) is 8.41. The fraction of sp³-hybridized carbons (Fsp3) is 0.296. The van der Waals surface area contributed by atoms with Gasteiger partial charge in [-0.25, -0.2) is 0 Å². The largest absolute Gasteiger partial charge is 0.497 e. The minimum atomic E-state index is -0.517. The molecule has 1 N–H and O–H groups in total. The molecule has 3 unspecified atom stereocenters. The van der Waals surface area contributed by atoms with Crippen molar-refractivity contribution in [3.63, 3.8) is 0 Å². The van der Waals surface area contributed by atoms with E-state index in [1.165, 1.54) is 14.0 Å². The lowest BCUT2D eigenvalue weighted by molar-refractivity contribution is -0.132. The third kappa shape index (κ3) is 4.27. The van der Waals surface area contributed by atoms with Crippen molar-refractivity contribution in [2.45, 2.75) is 32.1 Å². The lowest BCUT2D eigenvalue weighted by Gasteiger charge is -2.38. The summed E-state index contributed by atoms with van der Waals surface area (Å²) >= 11 is 0. The summed E-state index contributed by atoms with van der Waals surface area (Å²) in [6, 6.07) is 15.2. The highest BCUT2D eigenvalue weighted by atomic mass is 16.6. The first-order valence-corrected chi connectivity index (χ1v) is 11.0. The summed E-state index contributed by atoms with van der Waals surface area (Å²) in [5.74, 6) is -0.0498. The van der Waals surface area contributed by atoms with Gasteiger partial charge in [-0.1, -0.05) is 24.3 Å². The van der Waals surface area contributed by atoms with Crippen LogP contribution in [0.3, 0.4) is 0 Å². The van der Waals surface area contributed by atoms with Crippen LogP contribution in [0.25, 0.3) is 0 Å². The molecule has 0 aromatic heterocycles. The average molecular weight is 459 g/mol. The molecule has 1 aliphatic heterocycles. The molecular formula is C27H26N2O5. The van der Waals surface area contributed by atoms with Gasteiger partial charge in [0.15, 0.2) is 11.5 Å². The molecule has 4 rings (SSSR count). The summed E-state index contributed by atoms with van der Waals surface area (Å²) in [5.41, 5.74) is 3.78. The highest BCUT2D eigenvalue weighted by molar-refractivity contribution is 5.88. The van der Waals surface area contributed by atoms with Crippen LogP contribution in [-0.2, 0) is 9.59 Å². The molecule has 1 aliphatic carbocycles. The van der Waals surface area contributed by atoms with Gasteiger partial charge >= 0.3 is 5.97 Å². The number of Topliss-reactive ketones (excluding diaryl/α,β-unsaturated/α-hetero) is 1. The molecule has 0 saturated heterocycles. The number of nitrogens with zero attached hydrogens (tertiary/aromatic N) is 1. The van der Waals surface area contributed by atoms with Crippen LogP contribution in [0.5, 0.6) is 17.2 Å². The third-order valence-electron chi connectivity index (χ3n) is 6.33. The Bertz CT molecular complexity index is 1240. The Kier molecular flexibility index (Phi) is 6.42. The van der Waals surface area contributed by atoms with Crippen molar-refractivity contribution < 1.29 is 23.8 Å². The van der Waals surface area contributed by atoms with Crippen LogP contribution in [-0.4, -0.2) is 26.0 Å². The molecule has 7 nitrogen and oxygen atoms in total. The second kappa shape index (κ2) is 9.44. The molecular weight excluding hydrogens is 432 g/mol. The van der Waals surface area contributed by atoms with E-state index < -0.39 is 17.8 Å². The topological polar surface area (TPSA) is 97.7 Å². The smallest absolute Gasteiger partial charge is 0.308 e. The fourth-order valence-electron chi connectivity index (χ4n) is 4.76. The van der Waals surface area contributed by atoms with Gasteiger partial charge in [0.1, 0.15) is 11.5 Å². The summed E-state index contributed by atoms with van der Waals surface area (Å²) in [6.45, 7) is 3.16. The molecule has 0 spiro atoms. The first kappa shape index (κ1) is 23.1. The number of carbonyl (C=O) groups excluding carboxylic acids is 2. The first-order chi connectivity index (χ1) is 16.4. The fourth-order valence-corrected chi connectivity index (χ4v) is 4.76. The zero-order valence-electron chi connectivity index (χ0n) is 19.5. The number of ether oxygens (including phenoxy) is 3. The number of ketones is 1. The average Bonchev–Trinajstić information content (AvgIpc) is 2.83. The minimum absolute atomic E-state index is 0.0547. The van der Waals surface area contributed by atoms with Crippen molar-refractivity contribution in [2.75, 3.05) is 14.2 Å². The maximum absolute atomic E-state index is 13.5. The van der Waals surface area contributed by atoms with Crippen LogP contribution in [0.4, 0.5) is 0 Å². The van der Waals surface area contributed by atoms with E-state index in [0.717, 1.165) is 22.6 Å². The van der Waals surface area contributed by atoms with Gasteiger partial charge < -0.3 is 19.5 Å². The van der Waals surface area contributed by atoms with E-state index in [-0.39, 0.29) is 17.5 Å². The van der Waals surface area contributed by atoms with Gasteiger partial charge in [0.05, 0.1) is 31.8 Å². The van der Waals surface area contributed by atoms with Gasteiger partial charge in [-0.05, 0) is 42.3 Å². The number of rotatable bonds is 5. The zero-order chi connectivity index (χ0) is 24.4. The van der Waals surface area contributed by atoms with Gasteiger partial charge in [-0.3, -0.25) is 9.59 Å². The molecule has 0 radical (unpaired) electrons. The van der Waals surface area contributed by atoms with E-state index >= 15 is 0 Å². The molecule has 7 heteroatoms. The van der Waals surface area contributed by atoms with Crippen molar-refractivity contribution in [1.29, 1.82) is 5.26 Å². The number of nitrogens with one attached hydrogen (secondary N) is 1. The maximum Gasteiger partial charge on any atom is 0.308 e. The second-order valence-corrected chi connectivity index (χ2v) is 8.41. The van der Waals surface area contributed by atoms with Crippen LogP contribution < -0.4 is 19.5 Å². The number of hydrogen-bond acceptors (Lipinski definition) is 7. The highest BCUT2D eigenvalue weighted by Gasteiger charge is 2.43. The van der Waals surface area contributed by atoms with Crippen molar-refractivity contribution in [2.24, 2.45) is 5.92 Å². The number of methoxy groups -OCH3 is 2. The summed E-state index contributed by atoms with van der Waals surface area (Å²) in [7, 11) is 3.10. The van der Waals surface area contributed by atoms with Crippen LogP contribution in [0.2, 0.25) is 0 Å². The lowest BCUT2D eigenvalue weighted by Crippen LogP contribution is -2.39. The van der Waals surface area contributed by atoms with Gasteiger partial charge in [0, 0.05) is 36.6 Å².